The summed E-state index contributed by atoms with van der Waals surface area (Å²) in [6, 6.07) is 3.20. The Hall–Kier alpha value is -3.17. The van der Waals surface area contributed by atoms with Crippen LogP contribution in [0.5, 0.6) is 0 Å². The zero-order valence-electron chi connectivity index (χ0n) is 18.1. The Labute approximate surface area is 181 Å². The third-order valence-corrected chi connectivity index (χ3v) is 4.97. The lowest BCUT2D eigenvalue weighted by Crippen LogP contribution is -2.44. The molecular formula is C21H29N3O7. The highest BCUT2D eigenvalue weighted by molar-refractivity contribution is 5.98. The Morgan fingerprint density at radius 1 is 1.19 bits per heavy atom. The highest BCUT2D eigenvalue weighted by Gasteiger charge is 2.25. The normalized spacial score (nSPS) is 14.6. The first kappa shape index (κ1) is 24.1. The number of nitrogens with one attached hydrogen (secondary N) is 1. The summed E-state index contributed by atoms with van der Waals surface area (Å²) in [5.74, 6) is -1.95. The molecule has 0 saturated carbocycles. The zero-order chi connectivity index (χ0) is 23.0. The fourth-order valence-electron chi connectivity index (χ4n) is 3.48. The van der Waals surface area contributed by atoms with Gasteiger partial charge in [0.1, 0.15) is 6.04 Å². The molecule has 0 spiro atoms. The third-order valence-electron chi connectivity index (χ3n) is 4.97. The standard InChI is InChI=1S/C21H29N3O7/c1-14(2)11-17(21(27)30-3)22-19(25)13-31-20(26)16-12-15(24(28)29)7-8-18(16)23-9-5-4-6-10-23/h7-8,12,14,17H,4-6,9-11,13H2,1-3H3,(H,22,25). The number of methoxy groups -OCH3 is 1. The minimum absolute atomic E-state index is 0.0376. The number of ether oxygens (including phenoxy) is 2. The van der Waals surface area contributed by atoms with Gasteiger partial charge >= 0.3 is 11.9 Å². The Bertz CT molecular complexity index is 819. The van der Waals surface area contributed by atoms with Crippen LogP contribution >= 0.6 is 0 Å². The number of carbonyl (C=O) groups excluding carboxylic acids is 3. The molecule has 0 aromatic heterocycles. The lowest BCUT2D eigenvalue weighted by molar-refractivity contribution is -0.384. The number of nitrogens with zero attached hydrogens (tertiary/aromatic N) is 2. The Morgan fingerprint density at radius 2 is 1.87 bits per heavy atom. The highest BCUT2D eigenvalue weighted by atomic mass is 16.6. The molecule has 0 aliphatic carbocycles. The van der Waals surface area contributed by atoms with Crippen molar-refractivity contribution in [2.75, 3.05) is 31.7 Å². The van der Waals surface area contributed by atoms with Crippen LogP contribution in [0.15, 0.2) is 18.2 Å². The van der Waals surface area contributed by atoms with Gasteiger partial charge in [0, 0.05) is 25.2 Å². The molecule has 1 amide bonds. The van der Waals surface area contributed by atoms with E-state index in [2.05, 4.69) is 5.32 Å². The lowest BCUT2D eigenvalue weighted by atomic mass is 10.0. The van der Waals surface area contributed by atoms with Gasteiger partial charge in [0.25, 0.3) is 11.6 Å². The van der Waals surface area contributed by atoms with E-state index in [0.29, 0.717) is 12.1 Å². The summed E-state index contributed by atoms with van der Waals surface area (Å²) in [5, 5.41) is 13.7. The predicted molar refractivity (Wildman–Crippen MR) is 113 cm³/mol. The van der Waals surface area contributed by atoms with Crippen LogP contribution in [-0.4, -0.2) is 55.6 Å². The van der Waals surface area contributed by atoms with E-state index in [1.54, 1.807) is 0 Å². The van der Waals surface area contributed by atoms with Crippen molar-refractivity contribution in [3.05, 3.63) is 33.9 Å². The first-order valence-corrected chi connectivity index (χ1v) is 10.3. The van der Waals surface area contributed by atoms with Crippen LogP contribution in [0.25, 0.3) is 0 Å². The summed E-state index contributed by atoms with van der Waals surface area (Å²) in [6.07, 6.45) is 3.37. The van der Waals surface area contributed by atoms with Crippen LogP contribution in [-0.2, 0) is 19.1 Å². The summed E-state index contributed by atoms with van der Waals surface area (Å²) in [5.41, 5.74) is 0.346. The van der Waals surface area contributed by atoms with Crippen molar-refractivity contribution in [1.29, 1.82) is 0 Å². The molecule has 2 rings (SSSR count). The largest absolute Gasteiger partial charge is 0.467 e. The van der Waals surface area contributed by atoms with E-state index >= 15 is 0 Å². The number of hydrogen-bond donors (Lipinski definition) is 1. The van der Waals surface area contributed by atoms with Crippen molar-refractivity contribution in [2.24, 2.45) is 5.92 Å². The van der Waals surface area contributed by atoms with Gasteiger partial charge in [0.2, 0.25) is 0 Å². The quantitative estimate of drug-likeness (QED) is 0.356. The van der Waals surface area contributed by atoms with E-state index in [4.69, 9.17) is 9.47 Å². The second-order valence-electron chi connectivity index (χ2n) is 7.86. The van der Waals surface area contributed by atoms with Gasteiger partial charge in [-0.3, -0.25) is 14.9 Å². The van der Waals surface area contributed by atoms with Gasteiger partial charge < -0.3 is 19.7 Å². The minimum Gasteiger partial charge on any atom is -0.467 e. The number of esters is 2. The fourth-order valence-corrected chi connectivity index (χ4v) is 3.48. The van der Waals surface area contributed by atoms with Crippen LogP contribution in [0.3, 0.4) is 0 Å². The van der Waals surface area contributed by atoms with Gasteiger partial charge in [0.15, 0.2) is 6.61 Å². The smallest absolute Gasteiger partial charge is 0.341 e. The number of nitro benzene ring substituents is 1. The molecule has 1 aromatic rings. The van der Waals surface area contributed by atoms with Crippen molar-refractivity contribution in [3.8, 4) is 0 Å². The van der Waals surface area contributed by atoms with Crippen LogP contribution in [0.1, 0.15) is 49.9 Å². The molecule has 1 heterocycles. The van der Waals surface area contributed by atoms with Crippen molar-refractivity contribution in [2.45, 2.75) is 45.6 Å². The average molecular weight is 435 g/mol. The maximum atomic E-state index is 12.7. The summed E-state index contributed by atoms with van der Waals surface area (Å²) in [4.78, 5) is 49.3. The van der Waals surface area contributed by atoms with Gasteiger partial charge in [-0.2, -0.15) is 0 Å². The molecule has 0 bridgehead atoms. The number of nitro groups is 1. The van der Waals surface area contributed by atoms with Gasteiger partial charge in [0.05, 0.1) is 23.3 Å². The van der Waals surface area contributed by atoms with Crippen LogP contribution in [0.4, 0.5) is 11.4 Å². The van der Waals surface area contributed by atoms with Gasteiger partial charge in [-0.15, -0.1) is 0 Å². The number of piperidine rings is 1. The number of benzene rings is 1. The second kappa shape index (κ2) is 11.3. The monoisotopic (exact) mass is 435 g/mol. The number of carbonyl (C=O) groups is 3. The summed E-state index contributed by atoms with van der Waals surface area (Å²) >= 11 is 0. The molecule has 0 radical (unpaired) electrons. The molecule has 31 heavy (non-hydrogen) atoms. The molecule has 1 unspecified atom stereocenters. The molecule has 1 fully saturated rings. The molecule has 1 aliphatic heterocycles. The van der Waals surface area contributed by atoms with E-state index < -0.39 is 35.4 Å². The maximum absolute atomic E-state index is 12.7. The second-order valence-corrected chi connectivity index (χ2v) is 7.86. The van der Waals surface area contributed by atoms with E-state index in [0.717, 1.165) is 32.4 Å². The molecule has 1 aliphatic rings. The van der Waals surface area contributed by atoms with E-state index in [1.807, 2.05) is 18.7 Å². The van der Waals surface area contributed by atoms with Crippen molar-refractivity contribution in [1.82, 2.24) is 5.32 Å². The van der Waals surface area contributed by atoms with Crippen molar-refractivity contribution >= 4 is 29.2 Å². The van der Waals surface area contributed by atoms with E-state index in [1.165, 1.54) is 25.3 Å². The minimum atomic E-state index is -0.849. The van der Waals surface area contributed by atoms with Gasteiger partial charge in [-0.05, 0) is 37.7 Å². The highest BCUT2D eigenvalue weighted by Crippen LogP contribution is 2.28. The summed E-state index contributed by atoms with van der Waals surface area (Å²) in [6.45, 7) is 4.63. The van der Waals surface area contributed by atoms with Crippen LogP contribution in [0.2, 0.25) is 0 Å². The lowest BCUT2D eigenvalue weighted by Gasteiger charge is -2.30. The molecule has 1 N–H and O–H groups in total. The first-order valence-electron chi connectivity index (χ1n) is 10.3. The Morgan fingerprint density at radius 3 is 2.45 bits per heavy atom. The number of amides is 1. The molecule has 10 nitrogen and oxygen atoms in total. The SMILES string of the molecule is COC(=O)C(CC(C)C)NC(=O)COC(=O)c1cc([N+](=O)[O-])ccc1N1CCCCC1. The predicted octanol–water partition coefficient (Wildman–Crippen LogP) is 2.45. The maximum Gasteiger partial charge on any atom is 0.341 e. The zero-order valence-corrected chi connectivity index (χ0v) is 18.1. The van der Waals surface area contributed by atoms with Gasteiger partial charge in [-0.1, -0.05) is 13.8 Å². The molecular weight excluding hydrogens is 406 g/mol. The summed E-state index contributed by atoms with van der Waals surface area (Å²) < 4.78 is 9.82. The van der Waals surface area contributed by atoms with Crippen molar-refractivity contribution < 1.29 is 28.8 Å². The van der Waals surface area contributed by atoms with E-state index in [9.17, 15) is 24.5 Å². The number of hydrogen-bond acceptors (Lipinski definition) is 8. The van der Waals surface area contributed by atoms with Crippen molar-refractivity contribution in [3.63, 3.8) is 0 Å². The van der Waals surface area contributed by atoms with Gasteiger partial charge in [-0.25, -0.2) is 9.59 Å². The molecule has 1 saturated heterocycles. The number of non-ortho nitro benzene ring substituents is 1. The first-order chi connectivity index (χ1) is 14.7. The molecule has 1 aromatic carbocycles. The number of rotatable bonds is 9. The molecule has 170 valence electrons. The topological polar surface area (TPSA) is 128 Å². The molecule has 10 heteroatoms. The van der Waals surface area contributed by atoms with Crippen LogP contribution in [0, 0.1) is 16.0 Å². The van der Waals surface area contributed by atoms with Crippen LogP contribution < -0.4 is 10.2 Å². The Kier molecular flexibility index (Phi) is 8.77. The third kappa shape index (κ3) is 6.94. The van der Waals surface area contributed by atoms with E-state index in [-0.39, 0.29) is 17.2 Å². The molecule has 1 atom stereocenters. The average Bonchev–Trinajstić information content (AvgIpc) is 2.76. The fraction of sp³-hybridized carbons (Fsp3) is 0.571. The number of anilines is 1. The Balaban J connectivity index is 2.10. The summed E-state index contributed by atoms with van der Waals surface area (Å²) in [7, 11) is 1.23.